The maximum atomic E-state index is 5.09. The van der Waals surface area contributed by atoms with E-state index in [1.54, 1.807) is 0 Å². The monoisotopic (exact) mass is 176 g/mol. The summed E-state index contributed by atoms with van der Waals surface area (Å²) in [6, 6.07) is 0. The van der Waals surface area contributed by atoms with Crippen LogP contribution in [0, 0.1) is 0 Å². The van der Waals surface area contributed by atoms with Crippen molar-refractivity contribution >= 4 is 45.6 Å². The van der Waals surface area contributed by atoms with Gasteiger partial charge in [0.05, 0.1) is 0 Å². The van der Waals surface area contributed by atoms with Gasteiger partial charge in [0, 0.05) is 0 Å². The van der Waals surface area contributed by atoms with Gasteiger partial charge in [0.1, 0.15) is 0 Å². The van der Waals surface area contributed by atoms with E-state index in [9.17, 15) is 0 Å². The Bertz CT molecular complexity index is 8.00. The van der Waals surface area contributed by atoms with E-state index in [1.807, 2.05) is 6.33 Å². The molecule has 0 fully saturated rings. The average Bonchev–Trinajstić information content (AvgIpc) is 0.918. The van der Waals surface area contributed by atoms with Crippen LogP contribution in [0.3, 0.4) is 0 Å². The van der Waals surface area contributed by atoms with Crippen molar-refractivity contribution in [2.75, 3.05) is 0 Å². The molecular weight excluding hydrogens is 172 g/mol. The van der Waals surface area contributed by atoms with E-state index in [0.717, 1.165) is 0 Å². The molecule has 0 bridgehead atoms. The fourth-order valence-corrected chi connectivity index (χ4v) is 0. The molecule has 0 spiro atoms. The molecule has 0 aliphatic carbocycles. The van der Waals surface area contributed by atoms with Crippen LogP contribution in [0.15, 0.2) is 0 Å². The van der Waals surface area contributed by atoms with Crippen molar-refractivity contribution in [3.8, 4) is 0 Å². The Morgan fingerprint density at radius 1 is 1.75 bits per heavy atom. The summed E-state index contributed by atoms with van der Waals surface area (Å²) in [5.41, 5.74) is 0. The second-order valence-corrected chi connectivity index (χ2v) is 2.37. The molecule has 4 heavy (non-hydrogen) atoms. The van der Waals surface area contributed by atoms with Gasteiger partial charge in [0.2, 0.25) is 0 Å². The molecule has 0 amide bonds. The van der Waals surface area contributed by atoms with Crippen LogP contribution in [-0.4, -0.2) is 35.9 Å². The summed E-state index contributed by atoms with van der Waals surface area (Å²) in [7, 11) is 5.09. The Morgan fingerprint density at radius 3 is 1.75 bits per heavy atom. The third-order valence-electron chi connectivity index (χ3n) is 0. The van der Waals surface area contributed by atoms with E-state index in [-0.39, 0.29) is 45.5 Å². The molecule has 0 N–H and O–H groups in total. The van der Waals surface area contributed by atoms with Crippen LogP contribution in [0.2, 0.25) is 0 Å². The van der Waals surface area contributed by atoms with Gasteiger partial charge in [0.15, 0.2) is 0 Å². The summed E-state index contributed by atoms with van der Waals surface area (Å²) in [6.07, 6.45) is 1.98. The standard InChI is InChI=1S/BH2.ClH.Na.Rh.2H/h1H2;1H;;;;/q+1;;;;;/p-1. The fourth-order valence-electron chi connectivity index (χ4n) is 0. The number of rotatable bonds is 0. The Hall–Kier alpha value is 1.98. The third kappa shape index (κ3) is 9.02. The van der Waals surface area contributed by atoms with Gasteiger partial charge in [-0.15, -0.1) is 0 Å². The molecule has 0 rings (SSSR count). The Balaban J connectivity index is 0. The Kier molecular flexibility index (Phi) is 20.8. The van der Waals surface area contributed by atoms with Gasteiger partial charge in [-0.1, -0.05) is 0 Å². The van der Waals surface area contributed by atoms with E-state index < -0.39 is 0 Å². The molecule has 0 aliphatic rings. The first-order valence-corrected chi connectivity index (χ1v) is 4.46. The average molecular weight is 176 g/mol. The number of hydrogen-bond donors (Lipinski definition) is 0. The molecule has 0 radical (unpaired) electrons. The molecular formula is H4BClNaRh. The summed E-state index contributed by atoms with van der Waals surface area (Å²) in [4.78, 5) is 0. The van der Waals surface area contributed by atoms with Crippen LogP contribution in [0.5, 0.6) is 0 Å². The van der Waals surface area contributed by atoms with E-state index in [0.29, 0.717) is 0 Å². The van der Waals surface area contributed by atoms with Gasteiger partial charge >= 0.3 is 61.5 Å². The summed E-state index contributed by atoms with van der Waals surface area (Å²) in [5.74, 6) is 0. The molecule has 4 heteroatoms. The SMILES string of the molecule is [BH2][RhH][Cl].[NaH]. The van der Waals surface area contributed by atoms with Crippen LogP contribution in [0.25, 0.3) is 0 Å². The van der Waals surface area contributed by atoms with Gasteiger partial charge in [-0.2, -0.15) is 0 Å². The summed E-state index contributed by atoms with van der Waals surface area (Å²) in [5, 5.41) is 0. The minimum atomic E-state index is 0. The zero-order valence-electron chi connectivity index (χ0n) is 1.73. The van der Waals surface area contributed by atoms with E-state index in [2.05, 4.69) is 0 Å². The van der Waals surface area contributed by atoms with Crippen LogP contribution < -0.4 is 0 Å². The van der Waals surface area contributed by atoms with Crippen molar-refractivity contribution in [1.29, 1.82) is 0 Å². The predicted molar refractivity (Wildman–Crippen MR) is 22.9 cm³/mol. The Morgan fingerprint density at radius 2 is 1.75 bits per heavy atom. The fraction of sp³-hybridized carbons (Fsp3) is 0. The predicted octanol–water partition coefficient (Wildman–Crippen LogP) is -1.15. The van der Waals surface area contributed by atoms with Crippen LogP contribution in [0.1, 0.15) is 0 Å². The molecule has 0 aromatic rings. The van der Waals surface area contributed by atoms with E-state index >= 15 is 0 Å². The van der Waals surface area contributed by atoms with Crippen LogP contribution in [0.4, 0.5) is 0 Å². The molecule has 0 aromatic heterocycles. The van der Waals surface area contributed by atoms with E-state index in [4.69, 9.17) is 9.69 Å². The topological polar surface area (TPSA) is 0 Å². The molecule has 24 valence electrons. The molecule has 0 unspecified atom stereocenters. The molecule has 0 aliphatic heterocycles. The van der Waals surface area contributed by atoms with Gasteiger partial charge in [0.25, 0.3) is 0 Å². The molecule has 0 saturated heterocycles. The summed E-state index contributed by atoms with van der Waals surface area (Å²) >= 11 is 0.182. The maximum absolute atomic E-state index is 5.09. The van der Waals surface area contributed by atoms with Crippen molar-refractivity contribution in [2.45, 2.75) is 0 Å². The van der Waals surface area contributed by atoms with E-state index in [1.165, 1.54) is 0 Å². The molecule has 0 saturated carbocycles. The van der Waals surface area contributed by atoms with Gasteiger partial charge < -0.3 is 0 Å². The minimum absolute atomic E-state index is 0. The normalized spacial score (nSPS) is 5.25. The number of halogens is 1. The van der Waals surface area contributed by atoms with Crippen molar-refractivity contribution in [3.05, 3.63) is 0 Å². The zero-order valence-corrected chi connectivity index (χ0v) is 4.23. The quantitative estimate of drug-likeness (QED) is 0.409. The summed E-state index contributed by atoms with van der Waals surface area (Å²) in [6.45, 7) is 0. The van der Waals surface area contributed by atoms with Crippen molar-refractivity contribution in [1.82, 2.24) is 0 Å². The first-order valence-electron chi connectivity index (χ1n) is 0.487. The van der Waals surface area contributed by atoms with Crippen LogP contribution in [-0.2, 0) is 15.9 Å². The molecule has 0 heterocycles. The van der Waals surface area contributed by atoms with Crippen molar-refractivity contribution in [3.63, 3.8) is 0 Å². The zero-order chi connectivity index (χ0) is 2.71. The second kappa shape index (κ2) is 8.88. The Labute approximate surface area is 60.8 Å². The van der Waals surface area contributed by atoms with Gasteiger partial charge in [-0.3, -0.25) is 0 Å². The van der Waals surface area contributed by atoms with Crippen molar-refractivity contribution < 1.29 is 15.9 Å². The summed E-state index contributed by atoms with van der Waals surface area (Å²) < 4.78 is 0. The van der Waals surface area contributed by atoms with Gasteiger partial charge in [-0.25, -0.2) is 0 Å². The number of hydrogen-bond acceptors (Lipinski definition) is 0. The molecule has 0 nitrogen and oxygen atoms in total. The van der Waals surface area contributed by atoms with Crippen molar-refractivity contribution in [2.24, 2.45) is 0 Å². The molecule has 0 atom stereocenters. The second-order valence-electron chi connectivity index (χ2n) is 0.134. The molecule has 0 aromatic carbocycles. The first-order chi connectivity index (χ1) is 1.41. The first kappa shape index (κ1) is 9.36. The third-order valence-corrected chi connectivity index (χ3v) is 0. The van der Waals surface area contributed by atoms with Crippen LogP contribution >= 0.6 is 9.69 Å². The van der Waals surface area contributed by atoms with Gasteiger partial charge in [-0.05, 0) is 0 Å².